The van der Waals surface area contributed by atoms with Crippen LogP contribution in [-0.4, -0.2) is 39.5 Å². The molecular formula is C15H22ClNO3S. The first kappa shape index (κ1) is 16.7. The van der Waals surface area contributed by atoms with Crippen LogP contribution in [-0.2, 0) is 26.4 Å². The number of hydrogen-bond donors (Lipinski definition) is 0. The predicted octanol–water partition coefficient (Wildman–Crippen LogP) is 2.61. The van der Waals surface area contributed by atoms with Gasteiger partial charge in [0, 0.05) is 26.1 Å². The Balaban J connectivity index is 2.06. The maximum Gasteiger partial charge on any atom is 0.218 e. The third kappa shape index (κ3) is 4.68. The average molecular weight is 332 g/mol. The van der Waals surface area contributed by atoms with Gasteiger partial charge in [-0.15, -0.1) is 11.6 Å². The van der Waals surface area contributed by atoms with Gasteiger partial charge in [0.1, 0.15) is 0 Å². The van der Waals surface area contributed by atoms with E-state index in [9.17, 15) is 8.42 Å². The lowest BCUT2D eigenvalue weighted by atomic mass is 10.0. The Labute approximate surface area is 132 Å². The zero-order valence-electron chi connectivity index (χ0n) is 12.3. The van der Waals surface area contributed by atoms with E-state index in [1.54, 1.807) is 11.4 Å². The number of rotatable bonds is 6. The first-order valence-electron chi connectivity index (χ1n) is 7.15. The maximum atomic E-state index is 12.6. The minimum Gasteiger partial charge on any atom is -0.384 e. The summed E-state index contributed by atoms with van der Waals surface area (Å²) >= 11 is 5.80. The highest BCUT2D eigenvalue weighted by molar-refractivity contribution is 7.88. The van der Waals surface area contributed by atoms with E-state index >= 15 is 0 Å². The summed E-state index contributed by atoms with van der Waals surface area (Å²) in [7, 11) is -1.62. The van der Waals surface area contributed by atoms with Crippen LogP contribution >= 0.6 is 11.6 Å². The molecule has 1 unspecified atom stereocenters. The summed E-state index contributed by atoms with van der Waals surface area (Å²) in [4.78, 5) is 0. The first-order valence-corrected chi connectivity index (χ1v) is 9.30. The maximum absolute atomic E-state index is 12.6. The largest absolute Gasteiger partial charge is 0.384 e. The third-order valence-corrected chi connectivity index (χ3v) is 5.90. The number of nitrogens with zero attached hydrogens (tertiary/aromatic N) is 1. The van der Waals surface area contributed by atoms with E-state index in [0.29, 0.717) is 31.5 Å². The van der Waals surface area contributed by atoms with Crippen molar-refractivity contribution in [2.45, 2.75) is 24.5 Å². The lowest BCUT2D eigenvalue weighted by Crippen LogP contribution is -2.41. The van der Waals surface area contributed by atoms with Gasteiger partial charge in [0.15, 0.2) is 0 Å². The van der Waals surface area contributed by atoms with Crippen molar-refractivity contribution in [3.05, 3.63) is 35.4 Å². The Morgan fingerprint density at radius 3 is 2.86 bits per heavy atom. The topological polar surface area (TPSA) is 46.6 Å². The van der Waals surface area contributed by atoms with Crippen molar-refractivity contribution in [1.82, 2.24) is 4.31 Å². The molecule has 0 amide bonds. The van der Waals surface area contributed by atoms with Gasteiger partial charge in [-0.2, -0.15) is 0 Å². The van der Waals surface area contributed by atoms with Gasteiger partial charge in [-0.3, -0.25) is 0 Å². The minimum atomic E-state index is -3.28. The van der Waals surface area contributed by atoms with E-state index in [2.05, 4.69) is 0 Å². The van der Waals surface area contributed by atoms with Crippen molar-refractivity contribution in [3.8, 4) is 0 Å². The highest BCUT2D eigenvalue weighted by atomic mass is 35.5. The van der Waals surface area contributed by atoms with E-state index in [0.717, 1.165) is 24.0 Å². The number of piperidine rings is 1. The molecule has 1 aromatic rings. The van der Waals surface area contributed by atoms with E-state index in [4.69, 9.17) is 16.3 Å². The van der Waals surface area contributed by atoms with Gasteiger partial charge < -0.3 is 4.74 Å². The molecule has 0 saturated carbocycles. The van der Waals surface area contributed by atoms with E-state index in [-0.39, 0.29) is 5.75 Å². The second-order valence-corrected chi connectivity index (χ2v) is 7.77. The zero-order chi connectivity index (χ0) is 15.3. The average Bonchev–Trinajstić information content (AvgIpc) is 2.48. The molecule has 1 aliphatic rings. The quantitative estimate of drug-likeness (QED) is 0.753. The van der Waals surface area contributed by atoms with Gasteiger partial charge in [-0.25, -0.2) is 12.7 Å². The van der Waals surface area contributed by atoms with Crippen molar-refractivity contribution in [2.24, 2.45) is 5.92 Å². The summed E-state index contributed by atoms with van der Waals surface area (Å²) in [5, 5.41) is 0. The van der Waals surface area contributed by atoms with Crippen molar-refractivity contribution in [3.63, 3.8) is 0 Å². The molecular weight excluding hydrogens is 310 g/mol. The molecule has 6 heteroatoms. The summed E-state index contributed by atoms with van der Waals surface area (Å²) in [6.45, 7) is 1.79. The Morgan fingerprint density at radius 2 is 2.14 bits per heavy atom. The smallest absolute Gasteiger partial charge is 0.218 e. The zero-order valence-corrected chi connectivity index (χ0v) is 13.9. The first-order chi connectivity index (χ1) is 10.0. The molecule has 0 spiro atoms. The number of benzene rings is 1. The van der Waals surface area contributed by atoms with Crippen molar-refractivity contribution in [1.29, 1.82) is 0 Å². The number of sulfonamides is 1. The summed E-state index contributed by atoms with van der Waals surface area (Å²) in [5.74, 6) is 0.734. The standard InChI is InChI=1S/C15H22ClNO3S/c1-20-11-15-6-3-7-17(10-15)21(18,19)12-14-5-2-4-13(8-14)9-16/h2,4-5,8,15H,3,6-7,9-12H2,1H3. The Hall–Kier alpha value is -0.620. The van der Waals surface area contributed by atoms with Gasteiger partial charge >= 0.3 is 0 Å². The number of methoxy groups -OCH3 is 1. The fraction of sp³-hybridized carbons (Fsp3) is 0.600. The second kappa shape index (κ2) is 7.58. The fourth-order valence-corrected chi connectivity index (χ4v) is 4.55. The molecule has 0 bridgehead atoms. The third-order valence-electron chi connectivity index (χ3n) is 3.77. The molecule has 4 nitrogen and oxygen atoms in total. The molecule has 2 rings (SSSR count). The molecule has 1 fully saturated rings. The molecule has 0 radical (unpaired) electrons. The summed E-state index contributed by atoms with van der Waals surface area (Å²) in [6.07, 6.45) is 1.93. The highest BCUT2D eigenvalue weighted by Gasteiger charge is 2.28. The fourth-order valence-electron chi connectivity index (χ4n) is 2.76. The number of ether oxygens (including phenoxy) is 1. The van der Waals surface area contributed by atoms with E-state index < -0.39 is 10.0 Å². The Kier molecular flexibility index (Phi) is 6.05. The van der Waals surface area contributed by atoms with Crippen LogP contribution in [0.4, 0.5) is 0 Å². The van der Waals surface area contributed by atoms with Crippen molar-refractivity contribution in [2.75, 3.05) is 26.8 Å². The SMILES string of the molecule is COCC1CCCN(S(=O)(=O)Cc2cccc(CCl)c2)C1. The van der Waals surface area contributed by atoms with Crippen LogP contribution in [0.15, 0.2) is 24.3 Å². The highest BCUT2D eigenvalue weighted by Crippen LogP contribution is 2.22. The molecule has 1 aliphatic heterocycles. The van der Waals surface area contributed by atoms with Crippen LogP contribution in [0, 0.1) is 5.92 Å². The van der Waals surface area contributed by atoms with Crippen LogP contribution in [0.2, 0.25) is 0 Å². The molecule has 0 aliphatic carbocycles. The molecule has 118 valence electrons. The van der Waals surface area contributed by atoms with Gasteiger partial charge in [0.25, 0.3) is 0 Å². The second-order valence-electron chi connectivity index (χ2n) is 5.53. The molecule has 21 heavy (non-hydrogen) atoms. The molecule has 0 aromatic heterocycles. The number of halogens is 1. The van der Waals surface area contributed by atoms with E-state index in [1.165, 1.54) is 0 Å². The van der Waals surface area contributed by atoms with Gasteiger partial charge in [-0.05, 0) is 29.9 Å². The summed E-state index contributed by atoms with van der Waals surface area (Å²) < 4.78 is 31.9. The van der Waals surface area contributed by atoms with Crippen LogP contribution in [0.1, 0.15) is 24.0 Å². The van der Waals surface area contributed by atoms with Crippen LogP contribution in [0.5, 0.6) is 0 Å². The lowest BCUT2D eigenvalue weighted by Gasteiger charge is -2.31. The van der Waals surface area contributed by atoms with Gasteiger partial charge in [0.2, 0.25) is 10.0 Å². The monoisotopic (exact) mass is 331 g/mol. The van der Waals surface area contributed by atoms with Crippen LogP contribution in [0.25, 0.3) is 0 Å². The van der Waals surface area contributed by atoms with Crippen LogP contribution in [0.3, 0.4) is 0 Å². The van der Waals surface area contributed by atoms with Gasteiger partial charge in [-0.1, -0.05) is 24.3 Å². The molecule has 1 saturated heterocycles. The molecule has 1 atom stereocenters. The number of alkyl halides is 1. The molecule has 1 heterocycles. The van der Waals surface area contributed by atoms with Crippen molar-refractivity contribution < 1.29 is 13.2 Å². The van der Waals surface area contributed by atoms with E-state index in [1.807, 2.05) is 24.3 Å². The minimum absolute atomic E-state index is 0.0391. The number of hydrogen-bond acceptors (Lipinski definition) is 3. The summed E-state index contributed by atoms with van der Waals surface area (Å²) in [6, 6.07) is 7.45. The van der Waals surface area contributed by atoms with Crippen LogP contribution < -0.4 is 0 Å². The lowest BCUT2D eigenvalue weighted by molar-refractivity contribution is 0.118. The molecule has 1 aromatic carbocycles. The van der Waals surface area contributed by atoms with Gasteiger partial charge in [0.05, 0.1) is 12.4 Å². The Bertz CT molecular complexity index is 560. The predicted molar refractivity (Wildman–Crippen MR) is 84.8 cm³/mol. The summed E-state index contributed by atoms with van der Waals surface area (Å²) in [5.41, 5.74) is 1.74. The van der Waals surface area contributed by atoms with Crippen molar-refractivity contribution >= 4 is 21.6 Å². The normalized spacial score (nSPS) is 20.6. The molecule has 0 N–H and O–H groups in total. The Morgan fingerprint density at radius 1 is 1.38 bits per heavy atom.